The summed E-state index contributed by atoms with van der Waals surface area (Å²) in [5.74, 6) is 0.781. The summed E-state index contributed by atoms with van der Waals surface area (Å²) >= 11 is 0. The van der Waals surface area contributed by atoms with Crippen molar-refractivity contribution in [2.45, 2.75) is 40.2 Å². The Bertz CT molecular complexity index is 466. The standard InChI is InChI=1S/C18H32N4O2/c1-4-6-11-23-13-14-24-12-10-20-18(19-5-2)21-15-17-9-7-8-16(3)22-17/h7-9H,4-6,10-15H2,1-3H3,(H2,19,20,21). The quantitative estimate of drug-likeness (QED) is 0.348. The second-order valence-electron chi connectivity index (χ2n) is 5.47. The minimum Gasteiger partial charge on any atom is -0.379 e. The molecule has 0 atom stereocenters. The van der Waals surface area contributed by atoms with E-state index in [0.717, 1.165) is 43.3 Å². The number of aryl methyl sites for hydroxylation is 1. The van der Waals surface area contributed by atoms with E-state index in [2.05, 4.69) is 27.5 Å². The van der Waals surface area contributed by atoms with E-state index in [1.807, 2.05) is 32.0 Å². The lowest BCUT2D eigenvalue weighted by Crippen LogP contribution is -2.39. The summed E-state index contributed by atoms with van der Waals surface area (Å²) in [6.45, 7) is 11.0. The van der Waals surface area contributed by atoms with E-state index in [1.54, 1.807) is 0 Å². The van der Waals surface area contributed by atoms with E-state index in [1.165, 1.54) is 0 Å². The molecule has 0 bridgehead atoms. The zero-order valence-corrected chi connectivity index (χ0v) is 15.3. The molecule has 1 rings (SSSR count). The number of unbranched alkanes of at least 4 members (excludes halogenated alkanes) is 1. The van der Waals surface area contributed by atoms with Crippen LogP contribution in [0.25, 0.3) is 0 Å². The van der Waals surface area contributed by atoms with Crippen LogP contribution in [0.15, 0.2) is 23.2 Å². The fourth-order valence-electron chi connectivity index (χ4n) is 2.00. The minimum atomic E-state index is 0.559. The van der Waals surface area contributed by atoms with Gasteiger partial charge >= 0.3 is 0 Å². The number of hydrogen-bond acceptors (Lipinski definition) is 4. The van der Waals surface area contributed by atoms with Crippen LogP contribution in [0.3, 0.4) is 0 Å². The van der Waals surface area contributed by atoms with E-state index in [0.29, 0.717) is 32.9 Å². The SMILES string of the molecule is CCCCOCCOCCNC(=NCc1cccc(C)n1)NCC. The maximum atomic E-state index is 5.54. The molecule has 0 unspecified atom stereocenters. The van der Waals surface area contributed by atoms with Crippen LogP contribution < -0.4 is 10.6 Å². The summed E-state index contributed by atoms with van der Waals surface area (Å²) in [5.41, 5.74) is 1.97. The van der Waals surface area contributed by atoms with Gasteiger partial charge in [0.25, 0.3) is 0 Å². The maximum Gasteiger partial charge on any atom is 0.191 e. The minimum absolute atomic E-state index is 0.559. The van der Waals surface area contributed by atoms with Crippen LogP contribution in [0.5, 0.6) is 0 Å². The third-order valence-electron chi connectivity index (χ3n) is 3.24. The predicted octanol–water partition coefficient (Wildman–Crippen LogP) is 2.28. The van der Waals surface area contributed by atoms with E-state index < -0.39 is 0 Å². The summed E-state index contributed by atoms with van der Waals surface area (Å²) in [6.07, 6.45) is 2.27. The zero-order chi connectivity index (χ0) is 17.5. The maximum absolute atomic E-state index is 5.54. The molecule has 6 nitrogen and oxygen atoms in total. The number of ether oxygens (including phenoxy) is 2. The first-order valence-corrected chi connectivity index (χ1v) is 8.86. The van der Waals surface area contributed by atoms with E-state index in [4.69, 9.17) is 9.47 Å². The average molecular weight is 336 g/mol. The van der Waals surface area contributed by atoms with Crippen molar-refractivity contribution >= 4 is 5.96 Å². The van der Waals surface area contributed by atoms with Crippen LogP contribution in [-0.2, 0) is 16.0 Å². The number of nitrogens with one attached hydrogen (secondary N) is 2. The fraction of sp³-hybridized carbons (Fsp3) is 0.667. The van der Waals surface area contributed by atoms with Gasteiger partial charge in [0.15, 0.2) is 5.96 Å². The lowest BCUT2D eigenvalue weighted by Gasteiger charge is -2.11. The number of guanidine groups is 1. The predicted molar refractivity (Wildman–Crippen MR) is 98.3 cm³/mol. The fourth-order valence-corrected chi connectivity index (χ4v) is 2.00. The first-order chi connectivity index (χ1) is 11.8. The Kier molecular flexibility index (Phi) is 11.7. The van der Waals surface area contributed by atoms with Crippen molar-refractivity contribution in [3.8, 4) is 0 Å². The number of rotatable bonds is 12. The van der Waals surface area contributed by atoms with Crippen molar-refractivity contribution < 1.29 is 9.47 Å². The van der Waals surface area contributed by atoms with Crippen molar-refractivity contribution in [2.24, 2.45) is 4.99 Å². The molecule has 0 saturated carbocycles. The second kappa shape index (κ2) is 13.7. The highest BCUT2D eigenvalue weighted by molar-refractivity contribution is 5.79. The molecule has 0 aliphatic rings. The summed E-state index contributed by atoms with van der Waals surface area (Å²) in [4.78, 5) is 9.00. The van der Waals surface area contributed by atoms with Gasteiger partial charge in [-0.1, -0.05) is 19.4 Å². The molecule has 0 aromatic carbocycles. The third kappa shape index (κ3) is 10.2. The van der Waals surface area contributed by atoms with Gasteiger partial charge in [-0.3, -0.25) is 4.98 Å². The zero-order valence-electron chi connectivity index (χ0n) is 15.3. The Hall–Kier alpha value is -1.66. The van der Waals surface area contributed by atoms with E-state index in [-0.39, 0.29) is 0 Å². The van der Waals surface area contributed by atoms with Gasteiger partial charge in [0.2, 0.25) is 0 Å². The lowest BCUT2D eigenvalue weighted by molar-refractivity contribution is 0.0487. The first-order valence-electron chi connectivity index (χ1n) is 8.86. The van der Waals surface area contributed by atoms with Crippen LogP contribution >= 0.6 is 0 Å². The Morgan fingerprint density at radius 1 is 1.08 bits per heavy atom. The van der Waals surface area contributed by atoms with Gasteiger partial charge in [0.1, 0.15) is 0 Å². The van der Waals surface area contributed by atoms with Crippen molar-refractivity contribution in [3.63, 3.8) is 0 Å². The molecule has 6 heteroatoms. The molecule has 136 valence electrons. The number of pyridine rings is 1. The van der Waals surface area contributed by atoms with Crippen LogP contribution in [0, 0.1) is 6.92 Å². The van der Waals surface area contributed by atoms with E-state index >= 15 is 0 Å². The van der Waals surface area contributed by atoms with Crippen molar-refractivity contribution in [1.82, 2.24) is 15.6 Å². The summed E-state index contributed by atoms with van der Waals surface area (Å²) < 4.78 is 11.0. The molecule has 1 aromatic heterocycles. The van der Waals surface area contributed by atoms with Gasteiger partial charge in [-0.25, -0.2) is 4.99 Å². The van der Waals surface area contributed by atoms with Crippen molar-refractivity contribution in [1.29, 1.82) is 0 Å². The van der Waals surface area contributed by atoms with Gasteiger partial charge in [-0.05, 0) is 32.4 Å². The van der Waals surface area contributed by atoms with Gasteiger partial charge in [-0.2, -0.15) is 0 Å². The molecular formula is C18H32N4O2. The topological polar surface area (TPSA) is 67.8 Å². The molecule has 24 heavy (non-hydrogen) atoms. The van der Waals surface area contributed by atoms with Crippen LogP contribution in [0.4, 0.5) is 0 Å². The largest absolute Gasteiger partial charge is 0.379 e. The molecule has 0 saturated heterocycles. The molecular weight excluding hydrogens is 304 g/mol. The number of aromatic nitrogens is 1. The van der Waals surface area contributed by atoms with E-state index in [9.17, 15) is 0 Å². The molecule has 0 radical (unpaired) electrons. The normalized spacial score (nSPS) is 11.5. The Balaban J connectivity index is 2.19. The number of aliphatic imine (C=N–C) groups is 1. The second-order valence-corrected chi connectivity index (χ2v) is 5.47. The average Bonchev–Trinajstić information content (AvgIpc) is 2.58. The van der Waals surface area contributed by atoms with Crippen LogP contribution in [0.1, 0.15) is 38.1 Å². The summed E-state index contributed by atoms with van der Waals surface area (Å²) in [6, 6.07) is 5.98. The Morgan fingerprint density at radius 2 is 1.88 bits per heavy atom. The molecule has 1 aromatic rings. The Labute approximate surface area is 146 Å². The molecule has 0 aliphatic carbocycles. The van der Waals surface area contributed by atoms with Crippen molar-refractivity contribution in [3.05, 3.63) is 29.6 Å². The van der Waals surface area contributed by atoms with Gasteiger partial charge in [-0.15, -0.1) is 0 Å². The number of nitrogens with zero attached hydrogens (tertiary/aromatic N) is 2. The molecule has 0 amide bonds. The van der Waals surface area contributed by atoms with Gasteiger partial charge in [0, 0.05) is 25.4 Å². The highest BCUT2D eigenvalue weighted by Crippen LogP contribution is 1.99. The lowest BCUT2D eigenvalue weighted by atomic mass is 10.3. The monoisotopic (exact) mass is 336 g/mol. The highest BCUT2D eigenvalue weighted by Gasteiger charge is 1.98. The highest BCUT2D eigenvalue weighted by atomic mass is 16.5. The molecule has 1 heterocycles. The molecule has 2 N–H and O–H groups in total. The molecule has 0 fully saturated rings. The Morgan fingerprint density at radius 3 is 2.58 bits per heavy atom. The van der Waals surface area contributed by atoms with Gasteiger partial charge < -0.3 is 20.1 Å². The van der Waals surface area contributed by atoms with Crippen molar-refractivity contribution in [2.75, 3.05) is 39.5 Å². The van der Waals surface area contributed by atoms with Crippen LogP contribution in [0.2, 0.25) is 0 Å². The molecule has 0 spiro atoms. The smallest absolute Gasteiger partial charge is 0.191 e. The van der Waals surface area contributed by atoms with Gasteiger partial charge in [0.05, 0.1) is 32.1 Å². The summed E-state index contributed by atoms with van der Waals surface area (Å²) in [7, 11) is 0. The van der Waals surface area contributed by atoms with Crippen LogP contribution in [-0.4, -0.2) is 50.5 Å². The number of hydrogen-bond donors (Lipinski definition) is 2. The first kappa shape index (κ1) is 20.4. The third-order valence-corrected chi connectivity index (χ3v) is 3.24. The molecule has 0 aliphatic heterocycles. The summed E-state index contributed by atoms with van der Waals surface area (Å²) in [5, 5.41) is 6.49.